The molecule has 0 saturated heterocycles. The third-order valence-electron chi connectivity index (χ3n) is 3.74. The Bertz CT molecular complexity index is 466. The lowest BCUT2D eigenvalue weighted by Crippen LogP contribution is -2.51. The summed E-state index contributed by atoms with van der Waals surface area (Å²) in [5.41, 5.74) is 0.314. The van der Waals surface area contributed by atoms with Crippen LogP contribution in [0.5, 0.6) is 0 Å². The number of aromatic nitrogens is 2. The Morgan fingerprint density at radius 3 is 2.75 bits per heavy atom. The molecule has 1 saturated carbocycles. The van der Waals surface area contributed by atoms with Gasteiger partial charge in [0, 0.05) is 18.8 Å². The van der Waals surface area contributed by atoms with Crippen molar-refractivity contribution in [2.24, 2.45) is 0 Å². The average molecular weight is 280 g/mol. The van der Waals surface area contributed by atoms with Gasteiger partial charge in [-0.05, 0) is 12.8 Å². The van der Waals surface area contributed by atoms with Gasteiger partial charge in [0.2, 0.25) is 0 Å². The van der Waals surface area contributed by atoms with E-state index in [4.69, 9.17) is 5.11 Å². The molecular weight excluding hydrogens is 260 g/mol. The molecule has 0 aromatic carbocycles. The number of aromatic amines is 1. The summed E-state index contributed by atoms with van der Waals surface area (Å²) < 4.78 is 0. The first kappa shape index (κ1) is 14.4. The number of hydrogen-bond donors (Lipinski definition) is 3. The zero-order chi connectivity index (χ0) is 14.6. The van der Waals surface area contributed by atoms with E-state index in [9.17, 15) is 9.59 Å². The van der Waals surface area contributed by atoms with Crippen LogP contribution in [0.3, 0.4) is 0 Å². The summed E-state index contributed by atoms with van der Waals surface area (Å²) in [4.78, 5) is 24.7. The Morgan fingerprint density at radius 2 is 2.20 bits per heavy atom. The van der Waals surface area contributed by atoms with Gasteiger partial charge >= 0.3 is 12.0 Å². The summed E-state index contributed by atoms with van der Waals surface area (Å²) in [5, 5.41) is 18.5. The molecule has 0 unspecified atom stereocenters. The van der Waals surface area contributed by atoms with Gasteiger partial charge < -0.3 is 15.3 Å². The first-order valence-electron chi connectivity index (χ1n) is 6.73. The summed E-state index contributed by atoms with van der Waals surface area (Å²) in [5.74, 6) is -0.871. The lowest BCUT2D eigenvalue weighted by atomic mass is 9.93. The van der Waals surface area contributed by atoms with E-state index in [1.54, 1.807) is 19.4 Å². The molecule has 1 aliphatic carbocycles. The number of carbonyl (C=O) groups is 2. The minimum Gasteiger partial charge on any atom is -0.481 e. The highest BCUT2D eigenvalue weighted by Crippen LogP contribution is 2.32. The first-order chi connectivity index (χ1) is 9.51. The molecule has 0 bridgehead atoms. The summed E-state index contributed by atoms with van der Waals surface area (Å²) in [6.07, 6.45) is 6.74. The molecule has 2 amide bonds. The van der Waals surface area contributed by atoms with Crippen molar-refractivity contribution in [2.75, 3.05) is 7.05 Å². The molecule has 1 fully saturated rings. The van der Waals surface area contributed by atoms with Gasteiger partial charge in [-0.3, -0.25) is 9.89 Å². The van der Waals surface area contributed by atoms with Crippen LogP contribution >= 0.6 is 0 Å². The van der Waals surface area contributed by atoms with Crippen molar-refractivity contribution in [1.82, 2.24) is 20.4 Å². The van der Waals surface area contributed by atoms with Gasteiger partial charge in [0.1, 0.15) is 0 Å². The Balaban J connectivity index is 1.95. The molecule has 110 valence electrons. The number of carboxylic acid groups (broad SMARTS) is 1. The lowest BCUT2D eigenvalue weighted by Gasteiger charge is -2.31. The standard InChI is InChI=1S/C13H20N4O3/c1-17(9-10-7-14-15-8-10)12(20)16-13(6-11(18)19)4-2-3-5-13/h7-8H,2-6,9H2,1H3,(H,14,15)(H,16,20)(H,18,19). The predicted molar refractivity (Wildman–Crippen MR) is 72.0 cm³/mol. The molecule has 7 heteroatoms. The van der Waals surface area contributed by atoms with Crippen molar-refractivity contribution in [3.05, 3.63) is 18.0 Å². The van der Waals surface area contributed by atoms with E-state index in [2.05, 4.69) is 15.5 Å². The Hall–Kier alpha value is -2.05. The molecule has 1 heterocycles. The third-order valence-corrected chi connectivity index (χ3v) is 3.74. The fraction of sp³-hybridized carbons (Fsp3) is 0.615. The summed E-state index contributed by atoms with van der Waals surface area (Å²) >= 11 is 0. The van der Waals surface area contributed by atoms with Crippen LogP contribution in [-0.4, -0.2) is 44.8 Å². The zero-order valence-electron chi connectivity index (χ0n) is 11.6. The van der Waals surface area contributed by atoms with Crippen LogP contribution in [0.1, 0.15) is 37.7 Å². The molecule has 1 aliphatic rings. The van der Waals surface area contributed by atoms with Crippen molar-refractivity contribution >= 4 is 12.0 Å². The van der Waals surface area contributed by atoms with E-state index in [1.807, 2.05) is 0 Å². The molecular formula is C13H20N4O3. The average Bonchev–Trinajstić information content (AvgIpc) is 3.00. The minimum absolute atomic E-state index is 0.0156. The highest BCUT2D eigenvalue weighted by molar-refractivity contribution is 5.76. The second-order valence-electron chi connectivity index (χ2n) is 5.45. The maximum absolute atomic E-state index is 12.2. The maximum atomic E-state index is 12.2. The molecule has 20 heavy (non-hydrogen) atoms. The SMILES string of the molecule is CN(Cc1cn[nH]c1)C(=O)NC1(CC(=O)O)CCCC1. The number of carbonyl (C=O) groups excluding carboxylic acids is 1. The van der Waals surface area contributed by atoms with Crippen LogP contribution in [-0.2, 0) is 11.3 Å². The summed E-state index contributed by atoms with van der Waals surface area (Å²) in [6.45, 7) is 0.436. The van der Waals surface area contributed by atoms with Crippen molar-refractivity contribution in [2.45, 2.75) is 44.2 Å². The fourth-order valence-corrected chi connectivity index (χ4v) is 2.72. The van der Waals surface area contributed by atoms with Crippen molar-refractivity contribution < 1.29 is 14.7 Å². The monoisotopic (exact) mass is 280 g/mol. The maximum Gasteiger partial charge on any atom is 0.317 e. The van der Waals surface area contributed by atoms with Gasteiger partial charge in [-0.15, -0.1) is 0 Å². The van der Waals surface area contributed by atoms with E-state index in [1.165, 1.54) is 4.90 Å². The van der Waals surface area contributed by atoms with Gasteiger partial charge in [-0.2, -0.15) is 5.10 Å². The van der Waals surface area contributed by atoms with E-state index >= 15 is 0 Å². The molecule has 0 radical (unpaired) electrons. The third kappa shape index (κ3) is 3.49. The molecule has 0 aliphatic heterocycles. The molecule has 0 atom stereocenters. The van der Waals surface area contributed by atoms with E-state index in [0.717, 1.165) is 31.2 Å². The molecule has 7 nitrogen and oxygen atoms in total. The van der Waals surface area contributed by atoms with Gasteiger partial charge in [0.25, 0.3) is 0 Å². The molecule has 2 rings (SSSR count). The van der Waals surface area contributed by atoms with E-state index < -0.39 is 11.5 Å². The quantitative estimate of drug-likeness (QED) is 0.758. The molecule has 1 aromatic heterocycles. The number of urea groups is 1. The summed E-state index contributed by atoms with van der Waals surface area (Å²) in [7, 11) is 1.69. The highest BCUT2D eigenvalue weighted by atomic mass is 16.4. The van der Waals surface area contributed by atoms with Crippen LogP contribution in [0.15, 0.2) is 12.4 Å². The number of H-pyrrole nitrogens is 1. The number of amides is 2. The normalized spacial score (nSPS) is 16.9. The number of nitrogens with zero attached hydrogens (tertiary/aromatic N) is 2. The first-order valence-corrected chi connectivity index (χ1v) is 6.73. The fourth-order valence-electron chi connectivity index (χ4n) is 2.72. The lowest BCUT2D eigenvalue weighted by molar-refractivity contribution is -0.138. The topological polar surface area (TPSA) is 98.3 Å². The zero-order valence-corrected chi connectivity index (χ0v) is 11.6. The highest BCUT2D eigenvalue weighted by Gasteiger charge is 2.38. The van der Waals surface area contributed by atoms with Gasteiger partial charge in [-0.1, -0.05) is 12.8 Å². The number of aliphatic carboxylic acids is 1. The van der Waals surface area contributed by atoms with Crippen LogP contribution in [0.2, 0.25) is 0 Å². The second-order valence-corrected chi connectivity index (χ2v) is 5.45. The number of hydrogen-bond acceptors (Lipinski definition) is 3. The van der Waals surface area contributed by atoms with Crippen LogP contribution in [0, 0.1) is 0 Å². The Labute approximate surface area is 117 Å². The van der Waals surface area contributed by atoms with Gasteiger partial charge in [0.15, 0.2) is 0 Å². The smallest absolute Gasteiger partial charge is 0.317 e. The number of rotatable bonds is 5. The minimum atomic E-state index is -0.871. The van der Waals surface area contributed by atoms with E-state index in [-0.39, 0.29) is 12.5 Å². The summed E-state index contributed by atoms with van der Waals surface area (Å²) in [6, 6.07) is -0.241. The Morgan fingerprint density at radius 1 is 1.50 bits per heavy atom. The van der Waals surface area contributed by atoms with Crippen molar-refractivity contribution in [3.8, 4) is 0 Å². The van der Waals surface area contributed by atoms with Gasteiger partial charge in [0.05, 0.1) is 24.7 Å². The largest absolute Gasteiger partial charge is 0.481 e. The van der Waals surface area contributed by atoms with Crippen LogP contribution in [0.4, 0.5) is 4.79 Å². The molecule has 3 N–H and O–H groups in total. The predicted octanol–water partition coefficient (Wildman–Crippen LogP) is 1.34. The van der Waals surface area contributed by atoms with Gasteiger partial charge in [-0.25, -0.2) is 4.79 Å². The van der Waals surface area contributed by atoms with Crippen LogP contribution in [0.25, 0.3) is 0 Å². The number of carboxylic acids is 1. The van der Waals surface area contributed by atoms with Crippen molar-refractivity contribution in [3.63, 3.8) is 0 Å². The number of nitrogens with one attached hydrogen (secondary N) is 2. The van der Waals surface area contributed by atoms with Crippen molar-refractivity contribution in [1.29, 1.82) is 0 Å². The second kappa shape index (κ2) is 5.94. The van der Waals surface area contributed by atoms with E-state index in [0.29, 0.717) is 6.54 Å². The molecule has 1 aromatic rings. The van der Waals surface area contributed by atoms with Crippen LogP contribution < -0.4 is 5.32 Å². The Kier molecular flexibility index (Phi) is 4.26. The molecule has 0 spiro atoms.